The molecule has 0 bridgehead atoms. The Balaban J connectivity index is 0.000000180. The Morgan fingerprint density at radius 1 is 0.583 bits per heavy atom. The van der Waals surface area contributed by atoms with Gasteiger partial charge in [-0.3, -0.25) is 23.9 Å². The number of aromatic amines is 1. The molecule has 4 heterocycles. The number of ether oxygens (including phenoxy) is 2. The summed E-state index contributed by atoms with van der Waals surface area (Å²) in [6.45, 7) is 10.4. The van der Waals surface area contributed by atoms with E-state index in [1.54, 1.807) is 46.5 Å². The van der Waals surface area contributed by atoms with Crippen LogP contribution >= 0.6 is 11.6 Å². The Kier molecular flexibility index (Phi) is 17.7. The van der Waals surface area contributed by atoms with Crippen LogP contribution in [0, 0.1) is 0 Å². The summed E-state index contributed by atoms with van der Waals surface area (Å²) in [6.07, 6.45) is 12.2. The normalized spacial score (nSPS) is 11.8. The molecule has 4 aromatic heterocycles. The monoisotopic (exact) mass is 834 g/mol. The third-order valence-electron chi connectivity index (χ3n) is 8.84. The number of H-pyrrole nitrogens is 1. The fourth-order valence-electron chi connectivity index (χ4n) is 5.41. The first kappa shape index (κ1) is 45.6. The number of carboxylic acids is 1. The van der Waals surface area contributed by atoms with Crippen LogP contribution in [-0.2, 0) is 9.47 Å². The maximum Gasteiger partial charge on any atom is 0.341 e. The van der Waals surface area contributed by atoms with Gasteiger partial charge >= 0.3 is 17.9 Å². The summed E-state index contributed by atoms with van der Waals surface area (Å²) < 4.78 is 14.8. The number of rotatable bonds is 12. The fraction of sp³-hybridized carbons (Fsp3) is 0.227. The van der Waals surface area contributed by atoms with Gasteiger partial charge in [-0.25, -0.2) is 14.4 Å². The van der Waals surface area contributed by atoms with Crippen LogP contribution in [0.4, 0.5) is 0 Å². The lowest BCUT2D eigenvalue weighted by Crippen LogP contribution is -2.07. The number of aromatic nitrogens is 8. The van der Waals surface area contributed by atoms with E-state index in [0.29, 0.717) is 29.9 Å². The van der Waals surface area contributed by atoms with Gasteiger partial charge in [-0.1, -0.05) is 91.0 Å². The van der Waals surface area contributed by atoms with Crippen molar-refractivity contribution in [1.29, 1.82) is 0 Å². The number of aromatic carboxylic acids is 1. The molecule has 60 heavy (non-hydrogen) atoms. The first-order valence-corrected chi connectivity index (χ1v) is 19.3. The van der Waals surface area contributed by atoms with Crippen LogP contribution in [0.15, 0.2) is 141 Å². The molecule has 0 aliphatic rings. The molecule has 3 aromatic carbocycles. The van der Waals surface area contributed by atoms with Crippen LogP contribution in [0.3, 0.4) is 0 Å². The van der Waals surface area contributed by atoms with Crippen molar-refractivity contribution in [3.05, 3.63) is 180 Å². The molecule has 7 aromatic rings. The van der Waals surface area contributed by atoms with Crippen LogP contribution in [0.2, 0.25) is 0 Å². The van der Waals surface area contributed by atoms with E-state index >= 15 is 0 Å². The van der Waals surface area contributed by atoms with Crippen molar-refractivity contribution in [3.8, 4) is 0 Å². The van der Waals surface area contributed by atoms with Crippen molar-refractivity contribution in [2.45, 2.75) is 52.7 Å². The number of nitrogens with zero attached hydrogens (tertiary/aromatic N) is 7. The van der Waals surface area contributed by atoms with E-state index in [-0.39, 0.29) is 35.6 Å². The summed E-state index contributed by atoms with van der Waals surface area (Å²) in [5.74, 6) is -1.62. The molecule has 3 atom stereocenters. The number of carbonyl (C=O) groups excluding carboxylic acids is 3. The second kappa shape index (κ2) is 23.3. The topological polar surface area (TPSA) is 189 Å². The van der Waals surface area contributed by atoms with E-state index in [9.17, 15) is 19.2 Å². The Morgan fingerprint density at radius 2 is 0.950 bits per heavy atom. The van der Waals surface area contributed by atoms with E-state index in [4.69, 9.17) is 21.4 Å². The third kappa shape index (κ3) is 13.5. The van der Waals surface area contributed by atoms with E-state index in [1.807, 2.05) is 112 Å². The SMILES string of the molecule is CCOC(=O)c1cn[nH]c1.CCOC(=O)c1cnn([C@H](C)c2ccccc2)c1.C[C@H](c1ccccc1)n1cc(C(=O)Cl)cn1.C[C@H](c1ccccc1)n1cc(C(=O)O)cn1. The van der Waals surface area contributed by atoms with Crippen LogP contribution in [0.25, 0.3) is 0 Å². The van der Waals surface area contributed by atoms with Gasteiger partial charge in [0.1, 0.15) is 0 Å². The number of nitrogens with one attached hydrogen (secondary N) is 1. The highest BCUT2D eigenvalue weighted by Crippen LogP contribution is 2.19. The highest BCUT2D eigenvalue weighted by atomic mass is 35.5. The smallest absolute Gasteiger partial charge is 0.341 e. The van der Waals surface area contributed by atoms with Crippen LogP contribution in [0.5, 0.6) is 0 Å². The molecule has 0 unspecified atom stereocenters. The van der Waals surface area contributed by atoms with Crippen LogP contribution in [-0.4, -0.2) is 81.0 Å². The van der Waals surface area contributed by atoms with Crippen molar-refractivity contribution in [1.82, 2.24) is 39.5 Å². The van der Waals surface area contributed by atoms with Crippen molar-refractivity contribution in [3.63, 3.8) is 0 Å². The van der Waals surface area contributed by atoms with Gasteiger partial charge in [0.05, 0.1) is 78.4 Å². The van der Waals surface area contributed by atoms with E-state index in [2.05, 4.69) is 30.2 Å². The molecular formula is C44H47ClN8O7. The van der Waals surface area contributed by atoms with Gasteiger partial charge in [-0.15, -0.1) is 0 Å². The van der Waals surface area contributed by atoms with E-state index in [0.717, 1.165) is 16.7 Å². The Labute approximate surface area is 352 Å². The van der Waals surface area contributed by atoms with Gasteiger partial charge in [0.2, 0.25) is 0 Å². The van der Waals surface area contributed by atoms with E-state index < -0.39 is 11.2 Å². The standard InChI is InChI=1S/C14H16N2O2.C12H11ClN2O.C12H12N2O2.C6H8N2O2/c1-3-18-14(17)13-9-15-16(10-13)11(2)12-7-5-4-6-8-12;1-9(10-5-3-2-4-6-10)15-8-11(7-14-15)12(13)16;1-9(10-5-3-2-4-6-10)14-8-11(7-13-14)12(15)16;1-2-10-6(9)5-3-7-8-4-5/h4-11H,3H2,1-2H3;2-9H,1H3;2-9H,1H3,(H,15,16);3-4H,2H2,1H3,(H,7,8)/t11-;2*9-;/m111./s1. The average Bonchev–Trinajstić information content (AvgIpc) is 4.13. The molecule has 312 valence electrons. The zero-order valence-corrected chi connectivity index (χ0v) is 34.6. The highest BCUT2D eigenvalue weighted by molar-refractivity contribution is 6.67. The number of halogens is 1. The maximum atomic E-state index is 11.5. The molecular weight excluding hydrogens is 788 g/mol. The molecule has 15 nitrogen and oxygen atoms in total. The molecule has 0 saturated heterocycles. The summed E-state index contributed by atoms with van der Waals surface area (Å²) in [7, 11) is 0. The molecule has 0 radical (unpaired) electrons. The zero-order chi connectivity index (χ0) is 43.4. The van der Waals surface area contributed by atoms with Gasteiger partial charge in [0, 0.05) is 24.8 Å². The van der Waals surface area contributed by atoms with Gasteiger partial charge in [0.25, 0.3) is 5.24 Å². The molecule has 16 heteroatoms. The highest BCUT2D eigenvalue weighted by Gasteiger charge is 2.15. The van der Waals surface area contributed by atoms with Gasteiger partial charge in [0.15, 0.2) is 0 Å². The summed E-state index contributed by atoms with van der Waals surface area (Å²) in [6, 6.07) is 30.0. The molecule has 0 aliphatic carbocycles. The number of carboxylic acid groups (broad SMARTS) is 1. The minimum atomic E-state index is -0.952. The number of hydrogen-bond acceptors (Lipinski definition) is 10. The second-order valence-corrected chi connectivity index (χ2v) is 13.2. The predicted octanol–water partition coefficient (Wildman–Crippen LogP) is 8.32. The first-order chi connectivity index (χ1) is 28.9. The average molecular weight is 835 g/mol. The second-order valence-electron chi connectivity index (χ2n) is 12.9. The number of hydrogen-bond donors (Lipinski definition) is 2. The number of carbonyl (C=O) groups is 4. The van der Waals surface area contributed by atoms with Crippen molar-refractivity contribution in [2.24, 2.45) is 0 Å². The fourth-order valence-corrected chi connectivity index (χ4v) is 5.51. The minimum absolute atomic E-state index is 0.0364. The maximum absolute atomic E-state index is 11.5. The molecule has 7 rings (SSSR count). The number of benzene rings is 3. The third-order valence-corrected chi connectivity index (χ3v) is 9.05. The first-order valence-electron chi connectivity index (χ1n) is 19.0. The van der Waals surface area contributed by atoms with Gasteiger partial charge in [-0.05, 0) is 62.9 Å². The molecule has 0 spiro atoms. The largest absolute Gasteiger partial charge is 0.478 e. The van der Waals surface area contributed by atoms with Crippen molar-refractivity contribution >= 4 is 34.8 Å². The summed E-state index contributed by atoms with van der Waals surface area (Å²) in [4.78, 5) is 44.0. The summed E-state index contributed by atoms with van der Waals surface area (Å²) in [5, 5.41) is 26.8. The Hall–Kier alpha value is -7.13. The van der Waals surface area contributed by atoms with Crippen molar-refractivity contribution in [2.75, 3.05) is 13.2 Å². The number of esters is 2. The molecule has 0 amide bonds. The zero-order valence-electron chi connectivity index (χ0n) is 33.8. The Morgan fingerprint density at radius 3 is 1.28 bits per heavy atom. The summed E-state index contributed by atoms with van der Waals surface area (Å²) >= 11 is 5.37. The van der Waals surface area contributed by atoms with E-state index in [1.165, 1.54) is 31.0 Å². The lowest BCUT2D eigenvalue weighted by Gasteiger charge is -2.11. The lowest BCUT2D eigenvalue weighted by molar-refractivity contribution is 0.0516. The quantitative estimate of drug-likeness (QED) is 0.0890. The molecule has 0 saturated carbocycles. The van der Waals surface area contributed by atoms with Crippen LogP contribution < -0.4 is 0 Å². The molecule has 0 fully saturated rings. The van der Waals surface area contributed by atoms with Gasteiger partial charge in [-0.2, -0.15) is 20.4 Å². The minimum Gasteiger partial charge on any atom is -0.478 e. The molecule has 0 aliphatic heterocycles. The lowest BCUT2D eigenvalue weighted by atomic mass is 10.1. The van der Waals surface area contributed by atoms with Crippen LogP contribution in [0.1, 0.15) is 111 Å². The molecule has 2 N–H and O–H groups in total. The van der Waals surface area contributed by atoms with Gasteiger partial charge < -0.3 is 14.6 Å². The predicted molar refractivity (Wildman–Crippen MR) is 225 cm³/mol. The summed E-state index contributed by atoms with van der Waals surface area (Å²) in [5.41, 5.74) is 4.96. The van der Waals surface area contributed by atoms with Crippen molar-refractivity contribution < 1.29 is 33.8 Å². The Bertz CT molecular complexity index is 2270.